The summed E-state index contributed by atoms with van der Waals surface area (Å²) in [6.07, 6.45) is 8.42. The Balaban J connectivity index is 2.13. The first-order valence-electron chi connectivity index (χ1n) is 8.68. The molecule has 1 saturated heterocycles. The standard InChI is InChI=1S/C18H29NO4/c1-5-22-16(20)11-10-14-12-13-8-6-7-9-15(13)19(14)17(21)23-18(2,3)4/h10-11,13-15H,5-9,12H2,1-4H3/b11-10+/t13-,14+,15-/m0/s1. The topological polar surface area (TPSA) is 55.8 Å². The molecule has 23 heavy (non-hydrogen) atoms. The first-order chi connectivity index (χ1) is 10.8. The van der Waals surface area contributed by atoms with Crippen LogP contribution in [0.2, 0.25) is 0 Å². The highest BCUT2D eigenvalue weighted by Gasteiger charge is 2.45. The summed E-state index contributed by atoms with van der Waals surface area (Å²) in [6.45, 7) is 7.77. The lowest BCUT2D eigenvalue weighted by Gasteiger charge is -2.34. The van der Waals surface area contributed by atoms with Crippen molar-refractivity contribution in [2.24, 2.45) is 5.92 Å². The number of hydrogen-bond donors (Lipinski definition) is 0. The maximum Gasteiger partial charge on any atom is 0.411 e. The van der Waals surface area contributed by atoms with E-state index >= 15 is 0 Å². The van der Waals surface area contributed by atoms with E-state index in [-0.39, 0.29) is 24.1 Å². The van der Waals surface area contributed by atoms with Gasteiger partial charge in [-0.1, -0.05) is 18.9 Å². The molecule has 0 radical (unpaired) electrons. The lowest BCUT2D eigenvalue weighted by Crippen LogP contribution is -2.45. The van der Waals surface area contributed by atoms with Crippen LogP contribution in [0, 0.1) is 5.92 Å². The van der Waals surface area contributed by atoms with Crippen LogP contribution in [0.4, 0.5) is 4.79 Å². The van der Waals surface area contributed by atoms with Gasteiger partial charge in [0.15, 0.2) is 0 Å². The van der Waals surface area contributed by atoms with E-state index in [4.69, 9.17) is 9.47 Å². The number of carbonyl (C=O) groups is 2. The van der Waals surface area contributed by atoms with Crippen molar-refractivity contribution < 1.29 is 19.1 Å². The van der Waals surface area contributed by atoms with Gasteiger partial charge in [-0.3, -0.25) is 4.90 Å². The number of fused-ring (bicyclic) bond motifs is 1. The molecule has 0 aromatic carbocycles. The zero-order valence-electron chi connectivity index (χ0n) is 14.7. The molecule has 0 N–H and O–H groups in total. The van der Waals surface area contributed by atoms with Crippen LogP contribution in [0.15, 0.2) is 12.2 Å². The van der Waals surface area contributed by atoms with Gasteiger partial charge >= 0.3 is 12.1 Å². The minimum atomic E-state index is -0.515. The second kappa shape index (κ2) is 7.37. The van der Waals surface area contributed by atoms with Gasteiger partial charge in [-0.25, -0.2) is 9.59 Å². The summed E-state index contributed by atoms with van der Waals surface area (Å²) in [5.74, 6) is 0.152. The van der Waals surface area contributed by atoms with Crippen LogP contribution in [-0.4, -0.2) is 41.3 Å². The Labute approximate surface area is 139 Å². The molecule has 0 aromatic heterocycles. The van der Waals surface area contributed by atoms with E-state index in [1.165, 1.54) is 12.5 Å². The average molecular weight is 323 g/mol. The van der Waals surface area contributed by atoms with Crippen molar-refractivity contribution in [2.45, 2.75) is 77.5 Å². The molecule has 1 aliphatic heterocycles. The van der Waals surface area contributed by atoms with Gasteiger partial charge in [0.2, 0.25) is 0 Å². The third-order valence-corrected chi connectivity index (χ3v) is 4.47. The Kier molecular flexibility index (Phi) is 5.71. The van der Waals surface area contributed by atoms with Gasteiger partial charge in [0, 0.05) is 12.1 Å². The molecule has 1 aliphatic carbocycles. The van der Waals surface area contributed by atoms with Gasteiger partial charge in [0.25, 0.3) is 0 Å². The highest BCUT2D eigenvalue weighted by molar-refractivity contribution is 5.82. The van der Waals surface area contributed by atoms with Crippen molar-refractivity contribution in [1.82, 2.24) is 4.90 Å². The number of rotatable bonds is 3. The highest BCUT2D eigenvalue weighted by Crippen LogP contribution is 2.40. The van der Waals surface area contributed by atoms with Gasteiger partial charge in [-0.2, -0.15) is 0 Å². The van der Waals surface area contributed by atoms with Gasteiger partial charge < -0.3 is 9.47 Å². The first-order valence-corrected chi connectivity index (χ1v) is 8.68. The van der Waals surface area contributed by atoms with Crippen molar-refractivity contribution in [3.63, 3.8) is 0 Å². The van der Waals surface area contributed by atoms with Crippen LogP contribution in [0.3, 0.4) is 0 Å². The summed E-state index contributed by atoms with van der Waals surface area (Å²) in [7, 11) is 0. The zero-order chi connectivity index (χ0) is 17.0. The fourth-order valence-corrected chi connectivity index (χ4v) is 3.64. The van der Waals surface area contributed by atoms with Gasteiger partial charge in [0.1, 0.15) is 5.60 Å². The highest BCUT2D eigenvalue weighted by atomic mass is 16.6. The quantitative estimate of drug-likeness (QED) is 0.587. The molecule has 5 nitrogen and oxygen atoms in total. The molecule has 2 rings (SSSR count). The lowest BCUT2D eigenvalue weighted by molar-refractivity contribution is -0.137. The van der Waals surface area contributed by atoms with E-state index in [2.05, 4.69) is 0 Å². The number of ether oxygens (including phenoxy) is 2. The smallest absolute Gasteiger partial charge is 0.411 e. The monoisotopic (exact) mass is 323 g/mol. The van der Waals surface area contributed by atoms with E-state index in [0.29, 0.717) is 12.5 Å². The molecule has 1 saturated carbocycles. The van der Waals surface area contributed by atoms with Crippen LogP contribution in [0.25, 0.3) is 0 Å². The molecule has 2 aliphatic rings. The maximum absolute atomic E-state index is 12.7. The van der Waals surface area contributed by atoms with E-state index in [1.54, 1.807) is 13.0 Å². The predicted octanol–water partition coefficient (Wildman–Crippen LogP) is 3.67. The molecular formula is C18H29NO4. The molecule has 3 atom stereocenters. The summed E-state index contributed by atoms with van der Waals surface area (Å²) in [5.41, 5.74) is -0.515. The molecule has 1 amide bonds. The van der Waals surface area contributed by atoms with Crippen LogP contribution in [0.5, 0.6) is 0 Å². The molecule has 0 spiro atoms. The molecule has 1 heterocycles. The van der Waals surface area contributed by atoms with Crippen molar-refractivity contribution >= 4 is 12.1 Å². The maximum atomic E-state index is 12.7. The molecule has 5 heteroatoms. The Morgan fingerprint density at radius 2 is 1.91 bits per heavy atom. The Morgan fingerprint density at radius 1 is 1.22 bits per heavy atom. The number of nitrogens with zero attached hydrogens (tertiary/aromatic N) is 1. The van der Waals surface area contributed by atoms with Gasteiger partial charge in [-0.05, 0) is 52.9 Å². The van der Waals surface area contributed by atoms with Gasteiger partial charge in [-0.15, -0.1) is 0 Å². The SMILES string of the molecule is CCOC(=O)/C=C/[C@@H]1C[C@@H]2CCCC[C@@H]2N1C(=O)OC(C)(C)C. The largest absolute Gasteiger partial charge is 0.463 e. The van der Waals surface area contributed by atoms with Gasteiger partial charge in [0.05, 0.1) is 12.6 Å². The van der Waals surface area contributed by atoms with Crippen LogP contribution in [0.1, 0.15) is 59.8 Å². The summed E-state index contributed by atoms with van der Waals surface area (Å²) < 4.78 is 10.5. The number of hydrogen-bond acceptors (Lipinski definition) is 4. The van der Waals surface area contributed by atoms with Crippen LogP contribution in [-0.2, 0) is 14.3 Å². The summed E-state index contributed by atoms with van der Waals surface area (Å²) in [4.78, 5) is 26.1. The fourth-order valence-electron chi connectivity index (χ4n) is 3.64. The average Bonchev–Trinajstić information content (AvgIpc) is 2.82. The van der Waals surface area contributed by atoms with E-state index < -0.39 is 5.60 Å². The minimum absolute atomic E-state index is 0.0812. The summed E-state index contributed by atoms with van der Waals surface area (Å²) >= 11 is 0. The second-order valence-corrected chi connectivity index (χ2v) is 7.41. The van der Waals surface area contributed by atoms with Crippen molar-refractivity contribution in [3.05, 3.63) is 12.2 Å². The van der Waals surface area contributed by atoms with E-state index in [1.807, 2.05) is 25.7 Å². The summed E-state index contributed by atoms with van der Waals surface area (Å²) in [5, 5.41) is 0. The third-order valence-electron chi connectivity index (χ3n) is 4.47. The molecule has 0 bridgehead atoms. The van der Waals surface area contributed by atoms with E-state index in [9.17, 15) is 9.59 Å². The predicted molar refractivity (Wildman–Crippen MR) is 88.0 cm³/mol. The minimum Gasteiger partial charge on any atom is -0.463 e. The fraction of sp³-hybridized carbons (Fsp3) is 0.778. The second-order valence-electron chi connectivity index (χ2n) is 7.41. The third kappa shape index (κ3) is 4.72. The zero-order valence-corrected chi connectivity index (χ0v) is 14.7. The summed E-state index contributed by atoms with van der Waals surface area (Å²) in [6, 6.07) is 0.151. The molecule has 2 fully saturated rings. The molecule has 0 unspecified atom stereocenters. The first kappa shape index (κ1) is 17.8. The van der Waals surface area contributed by atoms with Crippen LogP contribution < -0.4 is 0 Å². The number of esters is 1. The number of amides is 1. The molecule has 0 aromatic rings. The number of carbonyl (C=O) groups excluding carboxylic acids is 2. The lowest BCUT2D eigenvalue weighted by atomic mass is 9.85. The van der Waals surface area contributed by atoms with Crippen molar-refractivity contribution in [1.29, 1.82) is 0 Å². The Bertz CT molecular complexity index is 466. The Hall–Kier alpha value is -1.52. The van der Waals surface area contributed by atoms with Crippen molar-refractivity contribution in [3.8, 4) is 0 Å². The molecule has 130 valence electrons. The van der Waals surface area contributed by atoms with E-state index in [0.717, 1.165) is 25.7 Å². The number of likely N-dealkylation sites (tertiary alicyclic amines) is 1. The molecular weight excluding hydrogens is 294 g/mol. The normalized spacial score (nSPS) is 27.8. The van der Waals surface area contributed by atoms with Crippen molar-refractivity contribution in [2.75, 3.05) is 6.61 Å². The Morgan fingerprint density at radius 3 is 2.57 bits per heavy atom. The van der Waals surface area contributed by atoms with Crippen LogP contribution >= 0.6 is 0 Å².